The molecule has 13 heteroatoms. The van der Waals surface area contributed by atoms with Gasteiger partial charge in [0, 0.05) is 45.2 Å². The van der Waals surface area contributed by atoms with Crippen LogP contribution in [0.3, 0.4) is 0 Å². The Hall–Kier alpha value is -3.35. The first-order valence-corrected chi connectivity index (χ1v) is 10.7. The number of halogens is 3. The minimum atomic E-state index is -4.82. The van der Waals surface area contributed by atoms with Gasteiger partial charge in [-0.15, -0.1) is 0 Å². The zero-order valence-corrected chi connectivity index (χ0v) is 17.5. The van der Waals surface area contributed by atoms with Crippen LogP contribution >= 0.6 is 0 Å². The van der Waals surface area contributed by atoms with Crippen molar-refractivity contribution < 1.29 is 31.2 Å². The van der Waals surface area contributed by atoms with Gasteiger partial charge in [-0.05, 0) is 12.1 Å². The molecule has 172 valence electrons. The van der Waals surface area contributed by atoms with Crippen molar-refractivity contribution in [3.63, 3.8) is 0 Å². The SMILES string of the molecule is O=C(NCCNC(=O)N1CCC(=S(=O)=O)CC1)c1cn(-c2ccccc2)nc1C(F)(F)F. The summed E-state index contributed by atoms with van der Waals surface area (Å²) in [4.78, 5) is 26.3. The Balaban J connectivity index is 1.56. The molecule has 1 aromatic carbocycles. The Labute approximate surface area is 182 Å². The van der Waals surface area contributed by atoms with Crippen LogP contribution < -0.4 is 10.6 Å². The van der Waals surface area contributed by atoms with Crippen molar-refractivity contribution in [1.29, 1.82) is 0 Å². The Morgan fingerprint density at radius 1 is 1.03 bits per heavy atom. The van der Waals surface area contributed by atoms with Crippen molar-refractivity contribution in [2.75, 3.05) is 26.2 Å². The second-order valence-electron chi connectivity index (χ2n) is 6.92. The molecule has 0 spiro atoms. The fourth-order valence-corrected chi connectivity index (χ4v) is 3.66. The number of para-hydroxylation sites is 1. The van der Waals surface area contributed by atoms with Crippen molar-refractivity contribution in [3.8, 4) is 5.69 Å². The molecule has 1 fully saturated rings. The number of hydrogen-bond acceptors (Lipinski definition) is 5. The maximum Gasteiger partial charge on any atom is 0.435 e. The molecule has 3 amide bonds. The van der Waals surface area contributed by atoms with Crippen molar-refractivity contribution in [1.82, 2.24) is 25.3 Å². The number of benzene rings is 1. The Morgan fingerprint density at radius 2 is 1.66 bits per heavy atom. The number of rotatable bonds is 5. The van der Waals surface area contributed by atoms with E-state index in [9.17, 15) is 31.2 Å². The number of carbonyl (C=O) groups excluding carboxylic acids is 2. The Bertz CT molecular complexity index is 1110. The van der Waals surface area contributed by atoms with E-state index < -0.39 is 39.7 Å². The average Bonchev–Trinajstić information content (AvgIpc) is 3.23. The van der Waals surface area contributed by atoms with Crippen molar-refractivity contribution in [2.24, 2.45) is 0 Å². The van der Waals surface area contributed by atoms with Gasteiger partial charge < -0.3 is 15.5 Å². The predicted octanol–water partition coefficient (Wildman–Crippen LogP) is 1.48. The summed E-state index contributed by atoms with van der Waals surface area (Å²) in [6, 6.07) is 7.64. The van der Waals surface area contributed by atoms with Gasteiger partial charge in [0.25, 0.3) is 5.91 Å². The number of urea groups is 1. The monoisotopic (exact) mass is 471 g/mol. The quantitative estimate of drug-likeness (QED) is 0.507. The van der Waals surface area contributed by atoms with Crippen LogP contribution in [-0.4, -0.2) is 66.1 Å². The molecule has 2 heterocycles. The van der Waals surface area contributed by atoms with Crippen LogP contribution in [-0.2, 0) is 16.5 Å². The third-order valence-electron chi connectivity index (χ3n) is 4.78. The topological polar surface area (TPSA) is 113 Å². The van der Waals surface area contributed by atoms with Crippen LogP contribution in [0.1, 0.15) is 28.9 Å². The number of piperidine rings is 1. The lowest BCUT2D eigenvalue weighted by atomic mass is 10.1. The molecule has 3 rings (SSSR count). The second-order valence-corrected chi connectivity index (χ2v) is 7.96. The molecule has 32 heavy (non-hydrogen) atoms. The molecule has 1 aliphatic rings. The van der Waals surface area contributed by atoms with E-state index in [1.54, 1.807) is 30.3 Å². The maximum absolute atomic E-state index is 13.4. The van der Waals surface area contributed by atoms with Gasteiger partial charge in [0.1, 0.15) is 0 Å². The Kier molecular flexibility index (Phi) is 7.18. The van der Waals surface area contributed by atoms with Crippen molar-refractivity contribution in [3.05, 3.63) is 47.8 Å². The lowest BCUT2D eigenvalue weighted by molar-refractivity contribution is -0.141. The summed E-state index contributed by atoms with van der Waals surface area (Å²) in [5, 5.41) is 8.41. The lowest BCUT2D eigenvalue weighted by Crippen LogP contribution is -2.46. The highest BCUT2D eigenvalue weighted by Crippen LogP contribution is 2.31. The van der Waals surface area contributed by atoms with Crippen molar-refractivity contribution >= 4 is 27.1 Å². The molecular formula is C19H20F3N5O4S. The number of nitrogens with one attached hydrogen (secondary N) is 2. The van der Waals surface area contributed by atoms with E-state index in [-0.39, 0.29) is 39.0 Å². The molecule has 0 bridgehead atoms. The first kappa shape index (κ1) is 23.3. The molecule has 1 aliphatic heterocycles. The van der Waals surface area contributed by atoms with E-state index in [0.29, 0.717) is 10.6 Å². The van der Waals surface area contributed by atoms with Gasteiger partial charge in [-0.2, -0.15) is 26.7 Å². The molecule has 0 atom stereocenters. The highest BCUT2D eigenvalue weighted by atomic mass is 32.2. The normalized spacial score (nSPS) is 14.2. The van der Waals surface area contributed by atoms with Gasteiger partial charge in [-0.25, -0.2) is 9.48 Å². The molecule has 2 N–H and O–H groups in total. The molecular weight excluding hydrogens is 451 g/mol. The van der Waals surface area contributed by atoms with Crippen LogP contribution in [0.4, 0.5) is 18.0 Å². The lowest BCUT2D eigenvalue weighted by Gasteiger charge is -2.27. The zero-order chi connectivity index (χ0) is 23.3. The third-order valence-corrected chi connectivity index (χ3v) is 5.66. The van der Waals surface area contributed by atoms with E-state index in [2.05, 4.69) is 15.7 Å². The predicted molar refractivity (Wildman–Crippen MR) is 109 cm³/mol. The van der Waals surface area contributed by atoms with E-state index in [1.807, 2.05) is 0 Å². The summed E-state index contributed by atoms with van der Waals surface area (Å²) in [5.41, 5.74) is -1.57. The van der Waals surface area contributed by atoms with Gasteiger partial charge in [0.15, 0.2) is 5.69 Å². The molecule has 0 unspecified atom stereocenters. The number of nitrogens with zero attached hydrogens (tertiary/aromatic N) is 3. The van der Waals surface area contributed by atoms with Gasteiger partial charge in [0.2, 0.25) is 10.3 Å². The summed E-state index contributed by atoms with van der Waals surface area (Å²) >= 11 is 0. The smallest absolute Gasteiger partial charge is 0.350 e. The number of aromatic nitrogens is 2. The van der Waals surface area contributed by atoms with Crippen LogP contribution in [0.2, 0.25) is 0 Å². The van der Waals surface area contributed by atoms with Gasteiger partial charge in [-0.1, -0.05) is 18.2 Å². The standard InChI is InChI=1S/C19H20F3N5O4S/c20-19(21,22)16-15(12-27(25-16)13-4-2-1-3-5-13)17(28)23-8-9-24-18(29)26-10-6-14(7-11-26)32(30)31/h1-5,12H,6-11H2,(H,23,28)(H,24,29). The first-order valence-electron chi connectivity index (χ1n) is 9.64. The van der Waals surface area contributed by atoms with Gasteiger partial charge >= 0.3 is 12.2 Å². The second kappa shape index (κ2) is 9.85. The summed E-state index contributed by atoms with van der Waals surface area (Å²) < 4.78 is 62.9. The maximum atomic E-state index is 13.4. The largest absolute Gasteiger partial charge is 0.435 e. The van der Waals surface area contributed by atoms with E-state index in [0.717, 1.165) is 10.9 Å². The summed E-state index contributed by atoms with van der Waals surface area (Å²) in [7, 11) is -2.26. The molecule has 1 aromatic heterocycles. The van der Waals surface area contributed by atoms with Gasteiger partial charge in [-0.3, -0.25) is 4.79 Å². The van der Waals surface area contributed by atoms with Crippen LogP contribution in [0.5, 0.6) is 0 Å². The van der Waals surface area contributed by atoms with Crippen LogP contribution in [0.15, 0.2) is 36.5 Å². The number of hydrogen-bond donors (Lipinski definition) is 2. The van der Waals surface area contributed by atoms with E-state index >= 15 is 0 Å². The molecule has 0 aliphatic carbocycles. The van der Waals surface area contributed by atoms with Crippen molar-refractivity contribution in [2.45, 2.75) is 19.0 Å². The number of alkyl halides is 3. The third kappa shape index (κ3) is 5.66. The molecule has 9 nitrogen and oxygen atoms in total. The first-order chi connectivity index (χ1) is 15.2. The molecule has 0 radical (unpaired) electrons. The molecule has 2 aromatic rings. The molecule has 0 saturated carbocycles. The Morgan fingerprint density at radius 3 is 2.25 bits per heavy atom. The number of carbonyl (C=O) groups is 2. The van der Waals surface area contributed by atoms with Crippen LogP contribution in [0, 0.1) is 0 Å². The van der Waals surface area contributed by atoms with Crippen LogP contribution in [0.25, 0.3) is 5.69 Å². The molecule has 1 saturated heterocycles. The number of amides is 3. The minimum absolute atomic E-state index is 0.0146. The van der Waals surface area contributed by atoms with E-state index in [4.69, 9.17) is 0 Å². The van der Waals surface area contributed by atoms with E-state index in [1.165, 1.54) is 4.90 Å². The highest BCUT2D eigenvalue weighted by Gasteiger charge is 2.39. The summed E-state index contributed by atoms with van der Waals surface area (Å²) in [6.45, 7) is 0.373. The van der Waals surface area contributed by atoms with Gasteiger partial charge in [0.05, 0.1) is 16.1 Å². The zero-order valence-electron chi connectivity index (χ0n) is 16.7. The minimum Gasteiger partial charge on any atom is -0.350 e. The average molecular weight is 471 g/mol. The summed E-state index contributed by atoms with van der Waals surface area (Å²) in [6.07, 6.45) is -3.30. The highest BCUT2D eigenvalue weighted by molar-refractivity contribution is 7.73. The summed E-state index contributed by atoms with van der Waals surface area (Å²) in [5.74, 6) is -0.969. The fourth-order valence-electron chi connectivity index (χ4n) is 3.14. The fraction of sp³-hybridized carbons (Fsp3) is 0.368. The number of likely N-dealkylation sites (tertiary alicyclic amines) is 1.